The summed E-state index contributed by atoms with van der Waals surface area (Å²) < 4.78 is 0. The van der Waals surface area contributed by atoms with Crippen molar-refractivity contribution in [2.24, 2.45) is 11.3 Å². The fourth-order valence-corrected chi connectivity index (χ4v) is 4.62. The van der Waals surface area contributed by atoms with Gasteiger partial charge in [-0.15, -0.1) is 0 Å². The van der Waals surface area contributed by atoms with Crippen molar-refractivity contribution < 1.29 is 0 Å². The van der Waals surface area contributed by atoms with Gasteiger partial charge in [-0.25, -0.2) is 0 Å². The van der Waals surface area contributed by atoms with E-state index in [1.165, 1.54) is 77.3 Å². The maximum Gasteiger partial charge on any atom is 0.00949 e. The van der Waals surface area contributed by atoms with E-state index in [2.05, 4.69) is 24.2 Å². The van der Waals surface area contributed by atoms with Gasteiger partial charge in [0.05, 0.1) is 0 Å². The summed E-state index contributed by atoms with van der Waals surface area (Å²) in [7, 11) is 2.40. The van der Waals surface area contributed by atoms with Gasteiger partial charge in [0.25, 0.3) is 0 Å². The van der Waals surface area contributed by atoms with Crippen molar-refractivity contribution in [3.05, 3.63) is 0 Å². The van der Waals surface area contributed by atoms with Crippen LogP contribution in [-0.2, 0) is 0 Å². The van der Waals surface area contributed by atoms with Crippen LogP contribution in [-0.4, -0.2) is 37.1 Å². The molecule has 116 valence electrons. The van der Waals surface area contributed by atoms with Crippen LogP contribution in [0.15, 0.2) is 0 Å². The van der Waals surface area contributed by atoms with Gasteiger partial charge in [-0.05, 0) is 56.9 Å². The molecule has 0 aromatic carbocycles. The monoisotopic (exact) mass is 278 g/mol. The highest BCUT2D eigenvalue weighted by molar-refractivity contribution is 4.93. The fraction of sp³-hybridized carbons (Fsp3) is 1.00. The molecule has 0 aromatic rings. The van der Waals surface area contributed by atoms with Crippen molar-refractivity contribution in [1.29, 1.82) is 0 Å². The SMILES string of the molecule is CC1CCCC(N(C)CC2(CNC3CC3)CCCC2)C1. The Morgan fingerprint density at radius 1 is 1.05 bits per heavy atom. The van der Waals surface area contributed by atoms with Gasteiger partial charge in [-0.3, -0.25) is 0 Å². The number of hydrogen-bond donors (Lipinski definition) is 1. The molecule has 0 aliphatic heterocycles. The zero-order valence-electron chi connectivity index (χ0n) is 13.7. The first-order valence-corrected chi connectivity index (χ1v) is 9.10. The highest BCUT2D eigenvalue weighted by Gasteiger charge is 2.37. The molecule has 0 radical (unpaired) electrons. The lowest BCUT2D eigenvalue weighted by Gasteiger charge is -2.40. The second kappa shape index (κ2) is 6.36. The number of rotatable bonds is 6. The summed E-state index contributed by atoms with van der Waals surface area (Å²) >= 11 is 0. The Morgan fingerprint density at radius 2 is 1.80 bits per heavy atom. The van der Waals surface area contributed by atoms with Gasteiger partial charge >= 0.3 is 0 Å². The zero-order chi connectivity index (χ0) is 14.0. The van der Waals surface area contributed by atoms with Crippen LogP contribution in [0.25, 0.3) is 0 Å². The van der Waals surface area contributed by atoms with Crippen molar-refractivity contribution in [3.8, 4) is 0 Å². The molecule has 2 nitrogen and oxygen atoms in total. The molecule has 1 N–H and O–H groups in total. The van der Waals surface area contributed by atoms with Crippen LogP contribution in [0.2, 0.25) is 0 Å². The van der Waals surface area contributed by atoms with Crippen molar-refractivity contribution >= 4 is 0 Å². The minimum Gasteiger partial charge on any atom is -0.313 e. The second-order valence-corrected chi connectivity index (χ2v) is 8.20. The summed E-state index contributed by atoms with van der Waals surface area (Å²) in [5.41, 5.74) is 0.595. The third-order valence-electron chi connectivity index (χ3n) is 6.12. The molecule has 0 bridgehead atoms. The van der Waals surface area contributed by atoms with Crippen LogP contribution in [0, 0.1) is 11.3 Å². The first kappa shape index (κ1) is 14.8. The predicted molar refractivity (Wildman–Crippen MR) is 86.0 cm³/mol. The topological polar surface area (TPSA) is 15.3 Å². The van der Waals surface area contributed by atoms with Gasteiger partial charge in [0.1, 0.15) is 0 Å². The normalized spacial score (nSPS) is 33.8. The lowest BCUT2D eigenvalue weighted by atomic mass is 9.82. The Labute approximate surface area is 125 Å². The van der Waals surface area contributed by atoms with Gasteiger partial charge in [0.2, 0.25) is 0 Å². The molecule has 20 heavy (non-hydrogen) atoms. The first-order valence-electron chi connectivity index (χ1n) is 9.10. The van der Waals surface area contributed by atoms with E-state index in [4.69, 9.17) is 0 Å². The Bertz CT molecular complexity index is 305. The van der Waals surface area contributed by atoms with Crippen LogP contribution < -0.4 is 5.32 Å². The lowest BCUT2D eigenvalue weighted by Crippen LogP contribution is -2.46. The number of nitrogens with zero attached hydrogens (tertiary/aromatic N) is 1. The van der Waals surface area contributed by atoms with E-state index in [1.807, 2.05) is 0 Å². The van der Waals surface area contributed by atoms with E-state index in [1.54, 1.807) is 0 Å². The molecule has 3 rings (SSSR count). The van der Waals surface area contributed by atoms with Crippen molar-refractivity contribution in [2.45, 2.75) is 83.2 Å². The summed E-state index contributed by atoms with van der Waals surface area (Å²) in [6.45, 7) is 5.06. The average molecular weight is 278 g/mol. The molecule has 3 fully saturated rings. The predicted octanol–water partition coefficient (Wildman–Crippen LogP) is 3.81. The van der Waals surface area contributed by atoms with Gasteiger partial charge in [-0.2, -0.15) is 0 Å². The highest BCUT2D eigenvalue weighted by Crippen LogP contribution is 2.40. The maximum absolute atomic E-state index is 3.83. The molecule has 2 heteroatoms. The average Bonchev–Trinajstić information content (AvgIpc) is 3.16. The minimum atomic E-state index is 0.595. The molecule has 0 heterocycles. The van der Waals surface area contributed by atoms with Gasteiger partial charge in [0, 0.05) is 25.2 Å². The Hall–Kier alpha value is -0.0800. The molecule has 0 spiro atoms. The molecular weight excluding hydrogens is 244 g/mol. The van der Waals surface area contributed by atoms with Crippen molar-refractivity contribution in [2.75, 3.05) is 20.1 Å². The van der Waals surface area contributed by atoms with Crippen LogP contribution in [0.5, 0.6) is 0 Å². The number of hydrogen-bond acceptors (Lipinski definition) is 2. The third kappa shape index (κ3) is 3.76. The summed E-state index contributed by atoms with van der Waals surface area (Å²) in [6, 6.07) is 1.73. The molecule has 0 saturated heterocycles. The third-order valence-corrected chi connectivity index (χ3v) is 6.12. The molecule has 2 unspecified atom stereocenters. The van der Waals surface area contributed by atoms with E-state index < -0.39 is 0 Å². The molecule has 0 aromatic heterocycles. The summed E-state index contributed by atoms with van der Waals surface area (Å²) in [6.07, 6.45) is 14.5. The Morgan fingerprint density at radius 3 is 2.45 bits per heavy atom. The largest absolute Gasteiger partial charge is 0.313 e. The van der Waals surface area contributed by atoms with E-state index >= 15 is 0 Å². The van der Waals surface area contributed by atoms with E-state index in [9.17, 15) is 0 Å². The molecule has 3 aliphatic rings. The fourth-order valence-electron chi connectivity index (χ4n) is 4.62. The Kier molecular flexibility index (Phi) is 4.72. The lowest BCUT2D eigenvalue weighted by molar-refractivity contribution is 0.100. The summed E-state index contributed by atoms with van der Waals surface area (Å²) in [5, 5.41) is 3.83. The van der Waals surface area contributed by atoms with Gasteiger partial charge in [0.15, 0.2) is 0 Å². The van der Waals surface area contributed by atoms with Crippen LogP contribution in [0.3, 0.4) is 0 Å². The molecule has 3 aliphatic carbocycles. The van der Waals surface area contributed by atoms with Gasteiger partial charge < -0.3 is 10.2 Å². The molecule has 0 amide bonds. The van der Waals surface area contributed by atoms with Crippen LogP contribution >= 0.6 is 0 Å². The molecule has 3 saturated carbocycles. The van der Waals surface area contributed by atoms with Crippen LogP contribution in [0.1, 0.15) is 71.1 Å². The number of nitrogens with one attached hydrogen (secondary N) is 1. The standard InChI is InChI=1S/C18H34N2/c1-15-6-5-7-17(12-15)20(2)14-18(10-3-4-11-18)13-19-16-8-9-16/h15-17,19H,3-14H2,1-2H3. The smallest absolute Gasteiger partial charge is 0.00949 e. The van der Waals surface area contributed by atoms with E-state index in [-0.39, 0.29) is 0 Å². The van der Waals surface area contributed by atoms with E-state index in [0.717, 1.165) is 18.0 Å². The maximum atomic E-state index is 3.83. The zero-order valence-corrected chi connectivity index (χ0v) is 13.7. The quantitative estimate of drug-likeness (QED) is 0.795. The Balaban J connectivity index is 1.54. The first-order chi connectivity index (χ1) is 9.67. The van der Waals surface area contributed by atoms with E-state index in [0.29, 0.717) is 5.41 Å². The molecule has 2 atom stereocenters. The van der Waals surface area contributed by atoms with Crippen molar-refractivity contribution in [1.82, 2.24) is 10.2 Å². The molecular formula is C18H34N2. The van der Waals surface area contributed by atoms with Crippen LogP contribution in [0.4, 0.5) is 0 Å². The summed E-state index contributed by atoms with van der Waals surface area (Å²) in [4.78, 5) is 2.73. The minimum absolute atomic E-state index is 0.595. The highest BCUT2D eigenvalue weighted by atomic mass is 15.1. The van der Waals surface area contributed by atoms with Gasteiger partial charge in [-0.1, -0.05) is 32.6 Å². The second-order valence-electron chi connectivity index (χ2n) is 8.20. The van der Waals surface area contributed by atoms with Crippen molar-refractivity contribution in [3.63, 3.8) is 0 Å². The summed E-state index contributed by atoms with van der Waals surface area (Å²) in [5.74, 6) is 0.945.